The number of primary amides is 1. The lowest BCUT2D eigenvalue weighted by Gasteiger charge is -2.00. The zero-order valence-electron chi connectivity index (χ0n) is 6.30. The van der Waals surface area contributed by atoms with Crippen molar-refractivity contribution in [3.8, 4) is 0 Å². The van der Waals surface area contributed by atoms with Gasteiger partial charge in [0.15, 0.2) is 0 Å². The highest BCUT2D eigenvalue weighted by atomic mass is 16.2. The van der Waals surface area contributed by atoms with Crippen LogP contribution < -0.4 is 16.8 Å². The predicted molar refractivity (Wildman–Crippen MR) is 40.5 cm³/mol. The molecule has 64 valence electrons. The lowest BCUT2D eigenvalue weighted by Crippen LogP contribution is -2.29. The molecule has 5 N–H and O–H groups in total. The number of nitrogens with two attached hydrogens (primary N) is 2. The zero-order chi connectivity index (χ0) is 8.69. The second-order valence-corrected chi connectivity index (χ2v) is 2.10. The van der Waals surface area contributed by atoms with Crippen molar-refractivity contribution in [2.45, 2.75) is 12.8 Å². The van der Waals surface area contributed by atoms with E-state index in [1.165, 1.54) is 0 Å². The number of carbonyl (C=O) groups excluding carboxylic acids is 2. The molecule has 0 saturated carbocycles. The van der Waals surface area contributed by atoms with Crippen molar-refractivity contribution in [3.05, 3.63) is 0 Å². The van der Waals surface area contributed by atoms with E-state index in [0.29, 0.717) is 13.1 Å². The molecule has 2 amide bonds. The van der Waals surface area contributed by atoms with Gasteiger partial charge < -0.3 is 16.8 Å². The van der Waals surface area contributed by atoms with Crippen LogP contribution in [-0.4, -0.2) is 24.9 Å². The van der Waals surface area contributed by atoms with Crippen molar-refractivity contribution >= 4 is 11.8 Å². The smallest absolute Gasteiger partial charge is 0.220 e. The van der Waals surface area contributed by atoms with Gasteiger partial charge >= 0.3 is 0 Å². The van der Waals surface area contributed by atoms with E-state index in [0.717, 1.165) is 0 Å². The molecule has 0 radical (unpaired) electrons. The number of hydrogen-bond acceptors (Lipinski definition) is 3. The third-order valence-electron chi connectivity index (χ3n) is 1.06. The van der Waals surface area contributed by atoms with Crippen LogP contribution in [0.15, 0.2) is 0 Å². The quantitative estimate of drug-likeness (QED) is 0.447. The summed E-state index contributed by atoms with van der Waals surface area (Å²) in [5, 5.41) is 2.52. The van der Waals surface area contributed by atoms with Crippen LogP contribution in [0.2, 0.25) is 0 Å². The molecule has 0 spiro atoms. The first-order chi connectivity index (χ1) is 5.16. The maximum atomic E-state index is 10.7. The van der Waals surface area contributed by atoms with Crippen molar-refractivity contribution in [2.24, 2.45) is 11.5 Å². The van der Waals surface area contributed by atoms with Crippen molar-refractivity contribution in [1.82, 2.24) is 5.32 Å². The third kappa shape index (κ3) is 6.79. The van der Waals surface area contributed by atoms with Gasteiger partial charge in [0.25, 0.3) is 0 Å². The molecule has 0 heterocycles. The van der Waals surface area contributed by atoms with Gasteiger partial charge in [-0.25, -0.2) is 0 Å². The number of amides is 2. The Bertz CT molecular complexity index is 147. The fraction of sp³-hybridized carbons (Fsp3) is 0.667. The van der Waals surface area contributed by atoms with Gasteiger partial charge in [-0.05, 0) is 0 Å². The Morgan fingerprint density at radius 2 is 1.91 bits per heavy atom. The summed E-state index contributed by atoms with van der Waals surface area (Å²) < 4.78 is 0. The maximum Gasteiger partial charge on any atom is 0.220 e. The summed E-state index contributed by atoms with van der Waals surface area (Å²) in [6.07, 6.45) is 0.242. The highest BCUT2D eigenvalue weighted by Crippen LogP contribution is 1.85. The Kier molecular flexibility index (Phi) is 5.10. The van der Waals surface area contributed by atoms with Crippen LogP contribution in [0, 0.1) is 0 Å². The molecule has 0 atom stereocenters. The van der Waals surface area contributed by atoms with Gasteiger partial charge in [-0.15, -0.1) is 0 Å². The number of nitrogens with one attached hydrogen (secondary N) is 1. The molecular formula is C6H13N3O2. The topological polar surface area (TPSA) is 98.2 Å². The minimum Gasteiger partial charge on any atom is -0.370 e. The number of carbonyl (C=O) groups is 2. The van der Waals surface area contributed by atoms with E-state index in [1.54, 1.807) is 0 Å². The molecule has 11 heavy (non-hydrogen) atoms. The summed E-state index contributed by atoms with van der Waals surface area (Å²) in [4.78, 5) is 20.9. The van der Waals surface area contributed by atoms with E-state index in [2.05, 4.69) is 5.32 Å². The van der Waals surface area contributed by atoms with Crippen LogP contribution in [0.5, 0.6) is 0 Å². The normalized spacial score (nSPS) is 9.18. The molecule has 0 aliphatic heterocycles. The lowest BCUT2D eigenvalue weighted by atomic mass is 10.3. The highest BCUT2D eigenvalue weighted by molar-refractivity contribution is 5.82. The molecule has 0 aromatic carbocycles. The summed E-state index contributed by atoms with van der Waals surface area (Å²) in [5.41, 5.74) is 9.95. The van der Waals surface area contributed by atoms with Crippen LogP contribution in [0.4, 0.5) is 0 Å². The van der Waals surface area contributed by atoms with Crippen LogP contribution in [0.1, 0.15) is 12.8 Å². The SMILES string of the molecule is NCCNC(=O)CCC(N)=O. The molecular weight excluding hydrogens is 146 g/mol. The minimum absolute atomic E-state index is 0.0937. The molecule has 0 rings (SSSR count). The Labute approximate surface area is 65.1 Å². The molecule has 0 aliphatic carbocycles. The monoisotopic (exact) mass is 159 g/mol. The number of rotatable bonds is 5. The number of hydrogen-bond donors (Lipinski definition) is 3. The van der Waals surface area contributed by atoms with E-state index in [9.17, 15) is 9.59 Å². The summed E-state index contributed by atoms with van der Waals surface area (Å²) in [6, 6.07) is 0. The van der Waals surface area contributed by atoms with E-state index in [-0.39, 0.29) is 18.7 Å². The van der Waals surface area contributed by atoms with Gasteiger partial charge in [0.2, 0.25) is 11.8 Å². The van der Waals surface area contributed by atoms with Crippen LogP contribution in [0.25, 0.3) is 0 Å². The third-order valence-corrected chi connectivity index (χ3v) is 1.06. The molecule has 0 saturated heterocycles. The second kappa shape index (κ2) is 5.67. The van der Waals surface area contributed by atoms with Crippen molar-refractivity contribution < 1.29 is 9.59 Å². The summed E-state index contributed by atoms with van der Waals surface area (Å²) in [6.45, 7) is 0.847. The van der Waals surface area contributed by atoms with Gasteiger partial charge in [0, 0.05) is 25.9 Å². The Morgan fingerprint density at radius 1 is 1.27 bits per heavy atom. The van der Waals surface area contributed by atoms with Crippen LogP contribution in [0.3, 0.4) is 0 Å². The van der Waals surface area contributed by atoms with Gasteiger partial charge in [-0.3, -0.25) is 9.59 Å². The molecule has 5 heteroatoms. The van der Waals surface area contributed by atoms with Gasteiger partial charge in [0.05, 0.1) is 0 Å². The molecule has 0 aliphatic rings. The summed E-state index contributed by atoms with van der Waals surface area (Å²) in [5.74, 6) is -0.651. The lowest BCUT2D eigenvalue weighted by molar-refractivity contribution is -0.125. The van der Waals surface area contributed by atoms with Crippen LogP contribution in [-0.2, 0) is 9.59 Å². The first-order valence-electron chi connectivity index (χ1n) is 3.42. The average Bonchev–Trinajstić information content (AvgIpc) is 1.97. The van der Waals surface area contributed by atoms with Crippen LogP contribution >= 0.6 is 0 Å². The van der Waals surface area contributed by atoms with E-state index in [1.807, 2.05) is 0 Å². The van der Waals surface area contributed by atoms with Gasteiger partial charge in [0.1, 0.15) is 0 Å². The Balaban J connectivity index is 3.30. The molecule has 0 aromatic rings. The first-order valence-corrected chi connectivity index (χ1v) is 3.42. The first kappa shape index (κ1) is 9.90. The highest BCUT2D eigenvalue weighted by Gasteiger charge is 2.01. The summed E-state index contributed by atoms with van der Waals surface area (Å²) in [7, 11) is 0. The van der Waals surface area contributed by atoms with Crippen molar-refractivity contribution in [3.63, 3.8) is 0 Å². The van der Waals surface area contributed by atoms with Crippen molar-refractivity contribution in [2.75, 3.05) is 13.1 Å². The minimum atomic E-state index is -0.465. The van der Waals surface area contributed by atoms with E-state index < -0.39 is 5.91 Å². The zero-order valence-corrected chi connectivity index (χ0v) is 6.30. The predicted octanol–water partition coefficient (Wildman–Crippen LogP) is -1.67. The fourth-order valence-electron chi connectivity index (χ4n) is 0.537. The molecule has 0 bridgehead atoms. The van der Waals surface area contributed by atoms with E-state index in [4.69, 9.17) is 11.5 Å². The Morgan fingerprint density at radius 3 is 2.36 bits per heavy atom. The standard InChI is InChI=1S/C6H13N3O2/c7-3-4-9-6(11)2-1-5(8)10/h1-4,7H2,(H2,8,10)(H,9,11). The molecule has 0 aromatic heterocycles. The Hall–Kier alpha value is -1.10. The summed E-state index contributed by atoms with van der Waals surface area (Å²) >= 11 is 0. The molecule has 0 unspecified atom stereocenters. The maximum absolute atomic E-state index is 10.7. The van der Waals surface area contributed by atoms with Gasteiger partial charge in [-0.2, -0.15) is 0 Å². The van der Waals surface area contributed by atoms with Crippen molar-refractivity contribution in [1.29, 1.82) is 0 Å². The second-order valence-electron chi connectivity index (χ2n) is 2.10. The van der Waals surface area contributed by atoms with Gasteiger partial charge in [-0.1, -0.05) is 0 Å². The molecule has 0 fully saturated rings. The largest absolute Gasteiger partial charge is 0.370 e. The average molecular weight is 159 g/mol. The molecule has 5 nitrogen and oxygen atoms in total. The van der Waals surface area contributed by atoms with E-state index >= 15 is 0 Å². The fourth-order valence-corrected chi connectivity index (χ4v) is 0.537.